The Kier molecular flexibility index (Phi) is 10.8. The minimum Gasteiger partial charge on any atom is -0.496 e. The average molecular weight is 705 g/mol. The highest BCUT2D eigenvalue weighted by Gasteiger charge is 2.37. The van der Waals surface area contributed by atoms with Gasteiger partial charge in [0.1, 0.15) is 5.75 Å². The lowest BCUT2D eigenvalue weighted by Crippen LogP contribution is -2.26. The zero-order valence-electron chi connectivity index (χ0n) is 26.3. The number of ether oxygens (including phenoxy) is 2. The topological polar surface area (TPSA) is 85.6 Å². The van der Waals surface area contributed by atoms with E-state index < -0.39 is 59.8 Å². The van der Waals surface area contributed by atoms with Crippen LogP contribution in [-0.2, 0) is 54.7 Å². The highest BCUT2D eigenvalue weighted by molar-refractivity contribution is 5.75. The Morgan fingerprint density at radius 2 is 1.39 bits per heavy atom. The second-order valence-electron chi connectivity index (χ2n) is 11.0. The van der Waals surface area contributed by atoms with Gasteiger partial charge in [-0.3, -0.25) is 9.69 Å². The van der Waals surface area contributed by atoms with Crippen molar-refractivity contribution in [3.8, 4) is 16.9 Å². The van der Waals surface area contributed by atoms with Crippen LogP contribution in [0.5, 0.6) is 5.75 Å². The molecule has 0 aliphatic rings. The molecule has 4 rings (SSSR count). The number of aryl methyl sites for hydroxylation is 1. The first-order chi connectivity index (χ1) is 22.8. The summed E-state index contributed by atoms with van der Waals surface area (Å²) in [6.45, 7) is -1.04. The number of likely N-dealkylation sites (N-methyl/N-ethyl adjacent to an activating group) is 1. The standard InChI is InChI=1S/C31H29F9N6O3/c1-44(17-27(47)49-4)14-18-5-8-26(48-3)25(11-18)24-7-6-21(29(32,33)34)12-20(24)16-46(28-41-43-45(2)42-28)15-19-9-22(30(35,36)37)13-23(10-19)31(38,39)40/h5-13H,14-17H2,1-4H3. The highest BCUT2D eigenvalue weighted by atomic mass is 19.4. The summed E-state index contributed by atoms with van der Waals surface area (Å²) in [4.78, 5) is 15.5. The third-order valence-corrected chi connectivity index (χ3v) is 7.23. The molecule has 0 unspecified atom stereocenters. The Hall–Kier alpha value is -4.87. The van der Waals surface area contributed by atoms with Gasteiger partial charge in [0, 0.05) is 25.2 Å². The van der Waals surface area contributed by atoms with Crippen molar-refractivity contribution in [1.29, 1.82) is 0 Å². The summed E-state index contributed by atoms with van der Waals surface area (Å²) >= 11 is 0. The first-order valence-electron chi connectivity index (χ1n) is 14.2. The Labute approximate surface area is 273 Å². The van der Waals surface area contributed by atoms with E-state index in [9.17, 15) is 44.3 Å². The van der Waals surface area contributed by atoms with Crippen molar-refractivity contribution in [3.05, 3.63) is 88.0 Å². The van der Waals surface area contributed by atoms with Crippen LogP contribution in [0, 0.1) is 0 Å². The molecular formula is C31H29F9N6O3. The van der Waals surface area contributed by atoms with Crippen LogP contribution in [0.4, 0.5) is 45.5 Å². The van der Waals surface area contributed by atoms with Gasteiger partial charge in [-0.15, -0.1) is 5.10 Å². The fourth-order valence-corrected chi connectivity index (χ4v) is 5.01. The second kappa shape index (κ2) is 14.3. The summed E-state index contributed by atoms with van der Waals surface area (Å²) < 4.78 is 134. The van der Waals surface area contributed by atoms with Crippen LogP contribution in [-0.4, -0.2) is 58.9 Å². The Morgan fingerprint density at radius 3 is 1.92 bits per heavy atom. The number of carbonyl (C=O) groups is 1. The van der Waals surface area contributed by atoms with E-state index in [0.29, 0.717) is 23.3 Å². The van der Waals surface area contributed by atoms with E-state index in [1.165, 1.54) is 27.3 Å². The van der Waals surface area contributed by atoms with Crippen LogP contribution >= 0.6 is 0 Å². The molecule has 0 saturated heterocycles. The molecule has 0 N–H and O–H groups in total. The Balaban J connectivity index is 1.86. The summed E-state index contributed by atoms with van der Waals surface area (Å²) in [5.41, 5.74) is -3.54. The molecule has 264 valence electrons. The molecule has 9 nitrogen and oxygen atoms in total. The van der Waals surface area contributed by atoms with Crippen molar-refractivity contribution in [2.75, 3.05) is 32.7 Å². The van der Waals surface area contributed by atoms with Gasteiger partial charge in [0.15, 0.2) is 0 Å². The zero-order chi connectivity index (χ0) is 36.3. The van der Waals surface area contributed by atoms with Gasteiger partial charge in [0.25, 0.3) is 5.95 Å². The molecular weight excluding hydrogens is 675 g/mol. The van der Waals surface area contributed by atoms with Gasteiger partial charge < -0.3 is 14.4 Å². The molecule has 0 radical (unpaired) electrons. The smallest absolute Gasteiger partial charge is 0.416 e. The number of methoxy groups -OCH3 is 2. The van der Waals surface area contributed by atoms with Gasteiger partial charge in [-0.05, 0) is 77.0 Å². The van der Waals surface area contributed by atoms with Crippen molar-refractivity contribution in [2.45, 2.75) is 38.2 Å². The van der Waals surface area contributed by atoms with Gasteiger partial charge in [-0.25, -0.2) is 0 Å². The normalized spacial score (nSPS) is 12.4. The molecule has 1 heterocycles. The number of rotatable bonds is 11. The average Bonchev–Trinajstić information content (AvgIpc) is 3.45. The molecule has 1 aromatic heterocycles. The summed E-state index contributed by atoms with van der Waals surface area (Å²) in [5, 5.41) is 11.5. The van der Waals surface area contributed by atoms with Crippen LogP contribution in [0.2, 0.25) is 0 Å². The summed E-state index contributed by atoms with van der Waals surface area (Å²) in [5.74, 6) is -0.527. The molecule has 49 heavy (non-hydrogen) atoms. The predicted octanol–water partition coefficient (Wildman–Crippen LogP) is 6.75. The predicted molar refractivity (Wildman–Crippen MR) is 157 cm³/mol. The molecule has 4 aromatic rings. The van der Waals surface area contributed by atoms with Crippen molar-refractivity contribution in [3.63, 3.8) is 0 Å². The number of carbonyl (C=O) groups excluding carboxylic acids is 1. The van der Waals surface area contributed by atoms with E-state index in [4.69, 9.17) is 4.74 Å². The fraction of sp³-hybridized carbons (Fsp3) is 0.355. The molecule has 0 aliphatic carbocycles. The third kappa shape index (κ3) is 9.39. The van der Waals surface area contributed by atoms with E-state index in [0.717, 1.165) is 21.8 Å². The van der Waals surface area contributed by atoms with Crippen LogP contribution in [0.25, 0.3) is 11.1 Å². The largest absolute Gasteiger partial charge is 0.496 e. The maximum absolute atomic E-state index is 14.0. The molecule has 0 saturated carbocycles. The molecule has 18 heteroatoms. The summed E-state index contributed by atoms with van der Waals surface area (Å²) in [6.07, 6.45) is -15.1. The first kappa shape index (κ1) is 37.0. The third-order valence-electron chi connectivity index (χ3n) is 7.23. The SMILES string of the molecule is COC(=O)CN(C)Cc1ccc(OC)c(-c2ccc(C(F)(F)F)cc2CN(Cc2cc(C(F)(F)F)cc(C(F)(F)F)c2)c2nnn(C)n2)c1. The lowest BCUT2D eigenvalue weighted by molar-refractivity contribution is -0.143. The van der Waals surface area contributed by atoms with Gasteiger partial charge in [0.2, 0.25) is 0 Å². The molecule has 0 atom stereocenters. The lowest BCUT2D eigenvalue weighted by Gasteiger charge is -2.25. The summed E-state index contributed by atoms with van der Waals surface area (Å²) in [6, 6.07) is 8.73. The number of esters is 1. The number of benzene rings is 3. The maximum Gasteiger partial charge on any atom is 0.416 e. The van der Waals surface area contributed by atoms with Crippen LogP contribution < -0.4 is 9.64 Å². The van der Waals surface area contributed by atoms with Crippen LogP contribution in [0.1, 0.15) is 33.4 Å². The van der Waals surface area contributed by atoms with Crippen molar-refractivity contribution in [1.82, 2.24) is 25.1 Å². The van der Waals surface area contributed by atoms with Crippen molar-refractivity contribution < 1.29 is 53.8 Å². The van der Waals surface area contributed by atoms with Gasteiger partial charge in [-0.2, -0.15) is 44.3 Å². The number of hydrogen-bond acceptors (Lipinski definition) is 8. The van der Waals surface area contributed by atoms with Crippen LogP contribution in [0.3, 0.4) is 0 Å². The molecule has 0 bridgehead atoms. The van der Waals surface area contributed by atoms with E-state index >= 15 is 0 Å². The second-order valence-corrected chi connectivity index (χ2v) is 11.0. The van der Waals surface area contributed by atoms with Gasteiger partial charge in [0.05, 0.1) is 44.5 Å². The number of halogens is 9. The van der Waals surface area contributed by atoms with E-state index in [1.54, 1.807) is 30.1 Å². The first-order valence-corrected chi connectivity index (χ1v) is 14.2. The number of nitrogens with zero attached hydrogens (tertiary/aromatic N) is 6. The minimum atomic E-state index is -5.13. The number of anilines is 1. The van der Waals surface area contributed by atoms with Crippen LogP contribution in [0.15, 0.2) is 54.6 Å². The maximum atomic E-state index is 14.0. The Morgan fingerprint density at radius 1 is 0.755 bits per heavy atom. The van der Waals surface area contributed by atoms with E-state index in [-0.39, 0.29) is 42.0 Å². The number of aromatic nitrogens is 4. The monoisotopic (exact) mass is 704 g/mol. The number of tetrazole rings is 1. The van der Waals surface area contributed by atoms with Gasteiger partial charge >= 0.3 is 24.5 Å². The molecule has 0 amide bonds. The van der Waals surface area contributed by atoms with E-state index in [2.05, 4.69) is 20.1 Å². The van der Waals surface area contributed by atoms with Crippen molar-refractivity contribution in [2.24, 2.45) is 7.05 Å². The summed E-state index contributed by atoms with van der Waals surface area (Å²) in [7, 11) is 5.57. The molecule has 3 aromatic carbocycles. The number of alkyl halides is 9. The minimum absolute atomic E-state index is 0.0266. The quantitative estimate of drug-likeness (QED) is 0.125. The number of hydrogen-bond donors (Lipinski definition) is 0. The highest BCUT2D eigenvalue weighted by Crippen LogP contribution is 2.40. The van der Waals surface area contributed by atoms with Gasteiger partial charge in [-0.1, -0.05) is 17.2 Å². The van der Waals surface area contributed by atoms with E-state index in [1.807, 2.05) is 0 Å². The fourth-order valence-electron chi connectivity index (χ4n) is 5.01. The molecule has 0 fully saturated rings. The molecule has 0 aliphatic heterocycles. The molecule has 0 spiro atoms. The Bertz CT molecular complexity index is 1760. The zero-order valence-corrected chi connectivity index (χ0v) is 26.3. The van der Waals surface area contributed by atoms with Crippen molar-refractivity contribution >= 4 is 11.9 Å². The lowest BCUT2D eigenvalue weighted by atomic mass is 9.94.